The van der Waals surface area contributed by atoms with Crippen molar-refractivity contribution >= 4 is 28.1 Å². The van der Waals surface area contributed by atoms with E-state index in [4.69, 9.17) is 6.42 Å². The van der Waals surface area contributed by atoms with Crippen molar-refractivity contribution in [3.8, 4) is 12.3 Å². The molecule has 0 saturated carbocycles. The predicted octanol–water partition coefficient (Wildman–Crippen LogP) is 1.74. The molecule has 0 aliphatic carbocycles. The van der Waals surface area contributed by atoms with E-state index in [1.165, 1.54) is 7.05 Å². The first kappa shape index (κ1) is 17.0. The second kappa shape index (κ2) is 6.81. The van der Waals surface area contributed by atoms with E-state index in [2.05, 4.69) is 11.0 Å². The van der Waals surface area contributed by atoms with E-state index in [0.29, 0.717) is 0 Å². The predicted molar refractivity (Wildman–Crippen MR) is 74.4 cm³/mol. The molecular formula is C9H19N2O3PS2. The van der Waals surface area contributed by atoms with Gasteiger partial charge in [-0.05, 0) is 13.5 Å². The second-order valence-electron chi connectivity index (χ2n) is 3.52. The number of sulfonamides is 1. The van der Waals surface area contributed by atoms with Crippen molar-refractivity contribution in [1.29, 1.82) is 0 Å². The monoisotopic (exact) mass is 298 g/mol. The average Bonchev–Trinajstić information content (AvgIpc) is 2.23. The fourth-order valence-corrected chi connectivity index (χ4v) is 8.63. The second-order valence-corrected chi connectivity index (χ2v) is 10.8. The Balaban J connectivity index is 5.30. The standard InChI is InChI=1S/C9H19N2O3PS2/c1-6-8-11(17(5,13)14)15(12,10-4)16-9(3)7-2/h1,9H,7-8H2,2-5H3,(H,10,12). The molecule has 0 amide bonds. The minimum atomic E-state index is -3.61. The van der Waals surface area contributed by atoms with Crippen molar-refractivity contribution < 1.29 is 13.0 Å². The van der Waals surface area contributed by atoms with Crippen LogP contribution < -0.4 is 5.09 Å². The zero-order valence-electron chi connectivity index (χ0n) is 10.5. The van der Waals surface area contributed by atoms with Gasteiger partial charge in [0.1, 0.15) is 0 Å². The highest BCUT2D eigenvalue weighted by molar-refractivity contribution is 8.58. The third-order valence-electron chi connectivity index (χ3n) is 2.08. The Morgan fingerprint density at radius 2 is 2.12 bits per heavy atom. The van der Waals surface area contributed by atoms with Gasteiger partial charge >= 0.3 is 0 Å². The Morgan fingerprint density at radius 3 is 2.41 bits per heavy atom. The van der Waals surface area contributed by atoms with Gasteiger partial charge in [0.05, 0.1) is 12.8 Å². The highest BCUT2D eigenvalue weighted by Crippen LogP contribution is 2.60. The van der Waals surface area contributed by atoms with Crippen LogP contribution in [0.15, 0.2) is 0 Å². The zero-order chi connectivity index (χ0) is 13.7. The summed E-state index contributed by atoms with van der Waals surface area (Å²) >= 11 is 1.12. The van der Waals surface area contributed by atoms with Crippen molar-refractivity contribution in [3.05, 3.63) is 0 Å². The van der Waals surface area contributed by atoms with Gasteiger partial charge in [0, 0.05) is 5.25 Å². The minimum absolute atomic E-state index is 0.0790. The van der Waals surface area contributed by atoms with Crippen LogP contribution >= 0.6 is 18.0 Å². The zero-order valence-corrected chi connectivity index (χ0v) is 13.0. The van der Waals surface area contributed by atoms with Crippen LogP contribution in [0.4, 0.5) is 0 Å². The summed E-state index contributed by atoms with van der Waals surface area (Å²) in [6.07, 6.45) is 6.93. The molecule has 5 nitrogen and oxygen atoms in total. The SMILES string of the molecule is C#CCN(P(=O)(NC)SC(C)CC)S(C)(=O)=O. The summed E-state index contributed by atoms with van der Waals surface area (Å²) < 4.78 is 36.7. The Morgan fingerprint density at radius 1 is 1.59 bits per heavy atom. The molecule has 0 heterocycles. The van der Waals surface area contributed by atoms with Gasteiger partial charge in [0.2, 0.25) is 10.0 Å². The smallest absolute Gasteiger partial charge is 0.276 e. The number of terminal acetylenes is 1. The van der Waals surface area contributed by atoms with Gasteiger partial charge in [-0.25, -0.2) is 13.5 Å². The molecule has 0 rings (SSSR count). The Labute approximate surface area is 108 Å². The van der Waals surface area contributed by atoms with E-state index in [1.54, 1.807) is 0 Å². The van der Waals surface area contributed by atoms with Gasteiger partial charge in [-0.3, -0.25) is 4.57 Å². The van der Waals surface area contributed by atoms with Crippen LogP contribution in [-0.4, -0.2) is 37.6 Å². The molecular weight excluding hydrogens is 279 g/mol. The van der Waals surface area contributed by atoms with Crippen molar-refractivity contribution in [2.45, 2.75) is 25.5 Å². The van der Waals surface area contributed by atoms with Crippen LogP contribution in [0.2, 0.25) is 0 Å². The topological polar surface area (TPSA) is 66.5 Å². The number of hydrogen-bond donors (Lipinski definition) is 1. The minimum Gasteiger partial charge on any atom is -0.276 e. The summed E-state index contributed by atoms with van der Waals surface area (Å²) in [6, 6.07) is 0. The maximum absolute atomic E-state index is 12.6. The molecule has 0 aliphatic rings. The van der Waals surface area contributed by atoms with Crippen LogP contribution in [0.5, 0.6) is 0 Å². The molecule has 2 atom stereocenters. The number of nitrogens with zero attached hydrogens (tertiary/aromatic N) is 1. The van der Waals surface area contributed by atoms with E-state index in [1.807, 2.05) is 13.8 Å². The maximum atomic E-state index is 12.6. The van der Waals surface area contributed by atoms with E-state index in [0.717, 1.165) is 28.1 Å². The van der Waals surface area contributed by atoms with E-state index >= 15 is 0 Å². The van der Waals surface area contributed by atoms with Crippen LogP contribution in [0.1, 0.15) is 20.3 Å². The molecule has 0 saturated heterocycles. The Hall–Kier alpha value is 0.01000. The van der Waals surface area contributed by atoms with Gasteiger partial charge in [-0.2, -0.15) is 0 Å². The molecule has 0 spiro atoms. The van der Waals surface area contributed by atoms with Crippen molar-refractivity contribution in [3.63, 3.8) is 0 Å². The van der Waals surface area contributed by atoms with Crippen LogP contribution in [-0.2, 0) is 14.6 Å². The lowest BCUT2D eigenvalue weighted by Crippen LogP contribution is -2.31. The molecule has 17 heavy (non-hydrogen) atoms. The lowest BCUT2D eigenvalue weighted by molar-refractivity contribution is 0.520. The highest BCUT2D eigenvalue weighted by atomic mass is 32.7. The molecule has 0 radical (unpaired) electrons. The molecule has 0 bridgehead atoms. The summed E-state index contributed by atoms with van der Waals surface area (Å²) in [5.41, 5.74) is 0. The van der Waals surface area contributed by atoms with Crippen LogP contribution in [0, 0.1) is 12.3 Å². The summed E-state index contributed by atoms with van der Waals surface area (Å²) in [5.74, 6) is 2.23. The Bertz CT molecular complexity index is 430. The Kier molecular flexibility index (Phi) is 6.82. The summed E-state index contributed by atoms with van der Waals surface area (Å²) in [4.78, 5) is 0. The molecule has 100 valence electrons. The van der Waals surface area contributed by atoms with Crippen LogP contribution in [0.25, 0.3) is 0 Å². The fourth-order valence-electron chi connectivity index (χ4n) is 1.02. The lowest BCUT2D eigenvalue weighted by Gasteiger charge is -2.28. The van der Waals surface area contributed by atoms with Gasteiger partial charge in [-0.15, -0.1) is 10.5 Å². The molecule has 0 aromatic rings. The third-order valence-corrected chi connectivity index (χ3v) is 10.2. The van der Waals surface area contributed by atoms with Gasteiger partial charge in [0.15, 0.2) is 0 Å². The molecule has 1 N–H and O–H groups in total. The third kappa shape index (κ3) is 5.02. The van der Waals surface area contributed by atoms with Crippen molar-refractivity contribution in [2.75, 3.05) is 19.8 Å². The molecule has 0 aliphatic heterocycles. The van der Waals surface area contributed by atoms with E-state index in [9.17, 15) is 13.0 Å². The maximum Gasteiger partial charge on any atom is 0.283 e. The summed E-state index contributed by atoms with van der Waals surface area (Å²) in [5, 5.41) is 2.68. The van der Waals surface area contributed by atoms with Gasteiger partial charge in [-0.1, -0.05) is 31.1 Å². The fraction of sp³-hybridized carbons (Fsp3) is 0.778. The van der Waals surface area contributed by atoms with E-state index < -0.39 is 16.7 Å². The average molecular weight is 298 g/mol. The van der Waals surface area contributed by atoms with Crippen molar-refractivity contribution in [2.24, 2.45) is 0 Å². The highest BCUT2D eigenvalue weighted by Gasteiger charge is 2.37. The number of rotatable bonds is 7. The molecule has 2 unspecified atom stereocenters. The largest absolute Gasteiger partial charge is 0.283 e. The first-order valence-corrected chi connectivity index (χ1v) is 10.1. The molecule has 0 fully saturated rings. The number of nitrogens with one attached hydrogen (secondary N) is 1. The molecule has 0 aromatic heterocycles. The van der Waals surface area contributed by atoms with E-state index in [-0.39, 0.29) is 11.8 Å². The first-order chi connectivity index (χ1) is 7.71. The summed E-state index contributed by atoms with van der Waals surface area (Å²) in [7, 11) is -2.13. The summed E-state index contributed by atoms with van der Waals surface area (Å²) in [6.45, 7) is 0.396. The number of hydrogen-bond acceptors (Lipinski definition) is 4. The van der Waals surface area contributed by atoms with Gasteiger partial charge < -0.3 is 0 Å². The molecule has 8 heteroatoms. The first-order valence-electron chi connectivity index (χ1n) is 5.10. The quantitative estimate of drug-likeness (QED) is 0.573. The van der Waals surface area contributed by atoms with Gasteiger partial charge in [0.25, 0.3) is 6.65 Å². The molecule has 0 aromatic carbocycles. The van der Waals surface area contributed by atoms with Crippen molar-refractivity contribution in [1.82, 2.24) is 9.16 Å². The van der Waals surface area contributed by atoms with Crippen LogP contribution in [0.3, 0.4) is 0 Å². The normalized spacial score (nSPS) is 17.4. The lowest BCUT2D eigenvalue weighted by atomic mass is 10.4.